The predicted molar refractivity (Wildman–Crippen MR) is 123 cm³/mol. The minimum atomic E-state index is -4.99. The van der Waals surface area contributed by atoms with Gasteiger partial charge in [0, 0.05) is 0 Å². The van der Waals surface area contributed by atoms with E-state index in [0.29, 0.717) is 0 Å². The Bertz CT molecular complexity index is 1050. The third kappa shape index (κ3) is 7.67. The molecule has 0 aliphatic rings. The fourth-order valence-electron chi connectivity index (χ4n) is 3.17. The molecule has 2 aromatic rings. The molecule has 0 radical (unpaired) electrons. The highest BCUT2D eigenvalue weighted by Gasteiger charge is 2.39. The fraction of sp³-hybridized carbons (Fsp3) is 0.458. The van der Waals surface area contributed by atoms with Gasteiger partial charge in [-0.05, 0) is 30.4 Å². The summed E-state index contributed by atoms with van der Waals surface area (Å²) in [7, 11) is -4.99. The van der Waals surface area contributed by atoms with Crippen LogP contribution in [0.25, 0.3) is 0 Å². The molecular formula is C24H29F5NO5P. The van der Waals surface area contributed by atoms with E-state index in [0.717, 1.165) is 12.8 Å². The van der Waals surface area contributed by atoms with E-state index >= 15 is 0 Å². The number of rotatable bonds is 13. The van der Waals surface area contributed by atoms with Crippen molar-refractivity contribution >= 4 is 13.7 Å². The maximum Gasteiger partial charge on any atom is 0.513 e. The minimum absolute atomic E-state index is 0.0321. The summed E-state index contributed by atoms with van der Waals surface area (Å²) in [4.78, 5) is 12.8. The van der Waals surface area contributed by atoms with Crippen molar-refractivity contribution in [3.05, 3.63) is 59.4 Å². The van der Waals surface area contributed by atoms with Gasteiger partial charge >= 0.3 is 13.7 Å². The summed E-state index contributed by atoms with van der Waals surface area (Å²) >= 11 is 0. The maximum atomic E-state index is 14.3. The Hall–Kier alpha value is -2.65. The monoisotopic (exact) mass is 537 g/mol. The van der Waals surface area contributed by atoms with Gasteiger partial charge in [-0.2, -0.15) is 13.9 Å². The van der Waals surface area contributed by atoms with Crippen molar-refractivity contribution in [2.24, 2.45) is 11.8 Å². The smallest absolute Gasteiger partial charge is 0.464 e. The molecule has 0 aromatic heterocycles. The van der Waals surface area contributed by atoms with Gasteiger partial charge in [0.2, 0.25) is 34.8 Å². The highest BCUT2D eigenvalue weighted by atomic mass is 31.2. The molecule has 0 unspecified atom stereocenters. The number of nitrogens with one attached hydrogen (secondary N) is 1. The number of benzene rings is 2. The first kappa shape index (κ1) is 29.6. The Morgan fingerprint density at radius 3 is 1.92 bits per heavy atom. The van der Waals surface area contributed by atoms with Crippen LogP contribution in [0.4, 0.5) is 22.0 Å². The summed E-state index contributed by atoms with van der Waals surface area (Å²) in [5.41, 5.74) is 0. The number of halogens is 5. The zero-order valence-corrected chi connectivity index (χ0v) is 21.2. The molecule has 2 atom stereocenters. The SMILES string of the molecule is CCC(CC)COC(=O)[C@H](CC(C)C)N[P@](=O)(Oc1ccccc1)Oc1c(F)c(F)c(F)c(F)c1F. The van der Waals surface area contributed by atoms with E-state index in [2.05, 4.69) is 5.09 Å². The van der Waals surface area contributed by atoms with Crippen LogP contribution in [0.15, 0.2) is 30.3 Å². The van der Waals surface area contributed by atoms with Gasteiger partial charge in [0.15, 0.2) is 0 Å². The lowest BCUT2D eigenvalue weighted by atomic mass is 10.0. The van der Waals surface area contributed by atoms with Crippen LogP contribution in [-0.2, 0) is 14.1 Å². The first-order valence-electron chi connectivity index (χ1n) is 11.4. The Labute approximate surface area is 206 Å². The van der Waals surface area contributed by atoms with Crippen molar-refractivity contribution in [2.75, 3.05) is 6.61 Å². The molecule has 200 valence electrons. The number of carbonyl (C=O) groups is 1. The summed E-state index contributed by atoms with van der Waals surface area (Å²) in [5, 5.41) is 2.29. The molecular weight excluding hydrogens is 508 g/mol. The molecule has 0 bridgehead atoms. The standard InChI is InChI=1S/C24H29F5NO5P/c1-5-15(6-2)13-33-24(31)17(12-14(3)4)30-36(32,34-16-10-8-7-9-11-16)35-23-21(28)19(26)18(25)20(27)22(23)29/h7-11,14-15,17H,5-6,12-13H2,1-4H3,(H,30,32)/t17-,36-/m0/s1. The summed E-state index contributed by atoms with van der Waals surface area (Å²) < 4.78 is 98.8. The van der Waals surface area contributed by atoms with E-state index in [4.69, 9.17) is 13.8 Å². The average Bonchev–Trinajstić information content (AvgIpc) is 2.84. The molecule has 0 fully saturated rings. The van der Waals surface area contributed by atoms with Crippen molar-refractivity contribution < 1.29 is 45.1 Å². The maximum absolute atomic E-state index is 14.3. The van der Waals surface area contributed by atoms with Crippen molar-refractivity contribution in [1.29, 1.82) is 0 Å². The lowest BCUT2D eigenvalue weighted by molar-refractivity contribution is -0.147. The summed E-state index contributed by atoms with van der Waals surface area (Å²) in [6, 6.07) is 5.84. The number of ether oxygens (including phenoxy) is 1. The van der Waals surface area contributed by atoms with E-state index in [1.807, 2.05) is 13.8 Å². The normalized spacial score (nSPS) is 14.0. The van der Waals surface area contributed by atoms with Gasteiger partial charge in [-0.1, -0.05) is 58.7 Å². The van der Waals surface area contributed by atoms with Gasteiger partial charge < -0.3 is 13.8 Å². The number of hydrogen-bond donors (Lipinski definition) is 1. The molecule has 0 heterocycles. The molecule has 0 spiro atoms. The fourth-order valence-corrected chi connectivity index (χ4v) is 4.70. The Morgan fingerprint density at radius 1 is 0.889 bits per heavy atom. The Balaban J connectivity index is 2.46. The number of carbonyl (C=O) groups excluding carboxylic acids is 1. The first-order valence-corrected chi connectivity index (χ1v) is 13.0. The third-order valence-electron chi connectivity index (χ3n) is 5.27. The number of esters is 1. The van der Waals surface area contributed by atoms with Crippen LogP contribution in [0, 0.1) is 40.9 Å². The Morgan fingerprint density at radius 2 is 1.42 bits per heavy atom. The van der Waals surface area contributed by atoms with Gasteiger partial charge in [-0.15, -0.1) is 0 Å². The van der Waals surface area contributed by atoms with Crippen molar-refractivity contribution in [3.8, 4) is 11.5 Å². The second-order valence-electron chi connectivity index (χ2n) is 8.52. The van der Waals surface area contributed by atoms with E-state index in [9.17, 15) is 31.3 Å². The van der Waals surface area contributed by atoms with Crippen molar-refractivity contribution in [2.45, 2.75) is 53.0 Å². The average molecular weight is 537 g/mol. The molecule has 6 nitrogen and oxygen atoms in total. The molecule has 36 heavy (non-hydrogen) atoms. The third-order valence-corrected chi connectivity index (χ3v) is 6.77. The molecule has 0 amide bonds. The van der Waals surface area contributed by atoms with Crippen LogP contribution >= 0.6 is 7.75 Å². The minimum Gasteiger partial charge on any atom is -0.464 e. The Kier molecular flexibility index (Phi) is 10.7. The highest BCUT2D eigenvalue weighted by Crippen LogP contribution is 2.48. The molecule has 0 saturated carbocycles. The molecule has 12 heteroatoms. The topological polar surface area (TPSA) is 73.9 Å². The van der Waals surface area contributed by atoms with Crippen LogP contribution in [0.5, 0.6) is 11.5 Å². The van der Waals surface area contributed by atoms with E-state index in [1.54, 1.807) is 19.9 Å². The first-order chi connectivity index (χ1) is 16.9. The van der Waals surface area contributed by atoms with E-state index in [-0.39, 0.29) is 30.6 Å². The predicted octanol–water partition coefficient (Wildman–Crippen LogP) is 6.93. The summed E-state index contributed by atoms with van der Waals surface area (Å²) in [6.07, 6.45) is 1.51. The van der Waals surface area contributed by atoms with Crippen molar-refractivity contribution in [1.82, 2.24) is 5.09 Å². The molecule has 0 saturated heterocycles. The van der Waals surface area contributed by atoms with Gasteiger partial charge in [-0.25, -0.2) is 17.7 Å². The van der Waals surface area contributed by atoms with Gasteiger partial charge in [0.25, 0.3) is 0 Å². The van der Waals surface area contributed by atoms with Crippen LogP contribution in [0.2, 0.25) is 0 Å². The van der Waals surface area contributed by atoms with Crippen molar-refractivity contribution in [3.63, 3.8) is 0 Å². The van der Waals surface area contributed by atoms with Crippen LogP contribution in [0.3, 0.4) is 0 Å². The second kappa shape index (κ2) is 13.1. The lowest BCUT2D eigenvalue weighted by Gasteiger charge is -2.26. The number of para-hydroxylation sites is 1. The summed E-state index contributed by atoms with van der Waals surface area (Å²) in [6.45, 7) is 7.41. The van der Waals surface area contributed by atoms with Crippen LogP contribution in [-0.4, -0.2) is 18.6 Å². The molecule has 2 rings (SSSR count). The van der Waals surface area contributed by atoms with Gasteiger partial charge in [-0.3, -0.25) is 4.79 Å². The zero-order chi connectivity index (χ0) is 27.0. The van der Waals surface area contributed by atoms with E-state index in [1.165, 1.54) is 24.3 Å². The van der Waals surface area contributed by atoms with Gasteiger partial charge in [0.05, 0.1) is 6.61 Å². The molecule has 0 aliphatic carbocycles. The lowest BCUT2D eigenvalue weighted by Crippen LogP contribution is -2.40. The zero-order valence-electron chi connectivity index (χ0n) is 20.3. The molecule has 1 N–H and O–H groups in total. The van der Waals surface area contributed by atoms with Crippen LogP contribution < -0.4 is 14.1 Å². The quantitative estimate of drug-likeness (QED) is 0.0982. The highest BCUT2D eigenvalue weighted by molar-refractivity contribution is 7.52. The molecule has 0 aliphatic heterocycles. The van der Waals surface area contributed by atoms with Gasteiger partial charge in [0.1, 0.15) is 11.8 Å². The second-order valence-corrected chi connectivity index (χ2v) is 10.1. The number of hydrogen-bond acceptors (Lipinski definition) is 5. The molecule has 2 aromatic carbocycles. The van der Waals surface area contributed by atoms with E-state index < -0.39 is 54.6 Å². The van der Waals surface area contributed by atoms with Crippen LogP contribution in [0.1, 0.15) is 47.0 Å². The summed E-state index contributed by atoms with van der Waals surface area (Å²) in [5.74, 6) is -14.5. The largest absolute Gasteiger partial charge is 0.513 e.